The Morgan fingerprint density at radius 3 is 2.61 bits per heavy atom. The van der Waals surface area contributed by atoms with Crippen molar-refractivity contribution in [2.24, 2.45) is 0 Å². The zero-order valence-corrected chi connectivity index (χ0v) is 14.6. The normalized spacial score (nSPS) is 10.9. The van der Waals surface area contributed by atoms with Gasteiger partial charge in [-0.25, -0.2) is 13.8 Å². The topological polar surface area (TPSA) is 74.8 Å². The number of pyridine rings is 2. The van der Waals surface area contributed by atoms with Gasteiger partial charge in [-0.1, -0.05) is 6.07 Å². The maximum absolute atomic E-state index is 14.2. The molecule has 0 saturated carbocycles. The Labute approximate surface area is 158 Å². The van der Waals surface area contributed by atoms with Gasteiger partial charge in [0.2, 0.25) is 5.56 Å². The van der Waals surface area contributed by atoms with E-state index >= 15 is 0 Å². The number of hydrogen-bond acceptors (Lipinski definition) is 5. The van der Waals surface area contributed by atoms with Crippen molar-refractivity contribution < 1.29 is 8.78 Å². The molecule has 0 bridgehead atoms. The Balaban J connectivity index is 1.79. The van der Waals surface area contributed by atoms with Crippen molar-refractivity contribution >= 4 is 16.7 Å². The first kappa shape index (κ1) is 17.7. The lowest BCUT2D eigenvalue weighted by molar-refractivity contribution is 0.515. The minimum absolute atomic E-state index is 0.150. The Morgan fingerprint density at radius 1 is 1.00 bits per heavy atom. The molecule has 0 saturated heterocycles. The number of halogens is 2. The fourth-order valence-corrected chi connectivity index (χ4v) is 3.06. The SMILES string of the molecule is O=c1cc(CN(Cc2cccnc2)c2cnccn2)c2ccc(F)c(F)c2[nH]1. The highest BCUT2D eigenvalue weighted by atomic mass is 19.2. The average molecular weight is 379 g/mol. The number of hydrogen-bond donors (Lipinski definition) is 1. The van der Waals surface area contributed by atoms with Gasteiger partial charge in [-0.05, 0) is 29.3 Å². The second-order valence-electron chi connectivity index (χ2n) is 6.22. The molecule has 3 heterocycles. The molecule has 1 aromatic carbocycles. The van der Waals surface area contributed by atoms with E-state index in [0.29, 0.717) is 23.3 Å². The summed E-state index contributed by atoms with van der Waals surface area (Å²) in [6.45, 7) is 0.698. The van der Waals surface area contributed by atoms with Crippen molar-refractivity contribution in [2.45, 2.75) is 13.1 Å². The van der Waals surface area contributed by atoms with Crippen LogP contribution in [0.5, 0.6) is 0 Å². The predicted molar refractivity (Wildman–Crippen MR) is 101 cm³/mol. The lowest BCUT2D eigenvalue weighted by Crippen LogP contribution is -2.24. The standard InChI is InChI=1S/C20H15F2N5O/c21-16-4-3-15-14(8-18(28)26-20(15)19(16)22)12-27(17-10-24-6-7-25-17)11-13-2-1-5-23-9-13/h1-10H,11-12H2,(H,26,28). The summed E-state index contributed by atoms with van der Waals surface area (Å²) >= 11 is 0. The average Bonchev–Trinajstić information content (AvgIpc) is 2.72. The van der Waals surface area contributed by atoms with Crippen LogP contribution in [-0.2, 0) is 13.1 Å². The van der Waals surface area contributed by atoms with Crippen LogP contribution in [0, 0.1) is 11.6 Å². The van der Waals surface area contributed by atoms with Gasteiger partial charge in [0, 0.05) is 49.3 Å². The smallest absolute Gasteiger partial charge is 0.248 e. The minimum atomic E-state index is -1.07. The lowest BCUT2D eigenvalue weighted by atomic mass is 10.1. The maximum atomic E-state index is 14.2. The molecule has 8 heteroatoms. The summed E-state index contributed by atoms with van der Waals surface area (Å²) in [4.78, 5) is 28.8. The first-order valence-electron chi connectivity index (χ1n) is 8.51. The summed E-state index contributed by atoms with van der Waals surface area (Å²) in [6.07, 6.45) is 8.14. The second kappa shape index (κ2) is 7.51. The van der Waals surface area contributed by atoms with E-state index in [1.54, 1.807) is 31.0 Å². The van der Waals surface area contributed by atoms with Crippen LogP contribution in [0.1, 0.15) is 11.1 Å². The lowest BCUT2D eigenvalue weighted by Gasteiger charge is -2.24. The van der Waals surface area contributed by atoms with E-state index in [1.165, 1.54) is 12.1 Å². The third kappa shape index (κ3) is 3.57. The number of aromatic nitrogens is 4. The van der Waals surface area contributed by atoms with Gasteiger partial charge in [-0.2, -0.15) is 0 Å². The Hall–Kier alpha value is -3.68. The highest BCUT2D eigenvalue weighted by Crippen LogP contribution is 2.24. The summed E-state index contributed by atoms with van der Waals surface area (Å²) < 4.78 is 27.8. The number of nitrogens with zero attached hydrogens (tertiary/aromatic N) is 4. The first-order chi connectivity index (χ1) is 13.6. The molecule has 0 aliphatic heterocycles. The zero-order chi connectivity index (χ0) is 19.5. The van der Waals surface area contributed by atoms with Crippen LogP contribution in [0.3, 0.4) is 0 Å². The highest BCUT2D eigenvalue weighted by molar-refractivity contribution is 5.82. The van der Waals surface area contributed by atoms with Crippen LogP contribution in [-0.4, -0.2) is 19.9 Å². The van der Waals surface area contributed by atoms with E-state index in [-0.39, 0.29) is 12.1 Å². The van der Waals surface area contributed by atoms with E-state index < -0.39 is 17.2 Å². The number of fused-ring (bicyclic) bond motifs is 1. The van der Waals surface area contributed by atoms with Crippen LogP contribution < -0.4 is 10.5 Å². The molecule has 140 valence electrons. The van der Waals surface area contributed by atoms with Gasteiger partial charge in [0.15, 0.2) is 11.6 Å². The first-order valence-corrected chi connectivity index (χ1v) is 8.51. The van der Waals surface area contributed by atoms with E-state index in [1.807, 2.05) is 17.0 Å². The Kier molecular flexibility index (Phi) is 4.76. The molecule has 0 spiro atoms. The largest absolute Gasteiger partial charge is 0.347 e. The fourth-order valence-electron chi connectivity index (χ4n) is 3.06. The van der Waals surface area contributed by atoms with Crippen LogP contribution in [0.25, 0.3) is 10.9 Å². The zero-order valence-electron chi connectivity index (χ0n) is 14.6. The molecular weight excluding hydrogens is 364 g/mol. The Bertz CT molecular complexity index is 1170. The molecular formula is C20H15F2N5O. The molecule has 0 radical (unpaired) electrons. The molecule has 1 N–H and O–H groups in total. The van der Waals surface area contributed by atoms with E-state index in [0.717, 1.165) is 11.6 Å². The number of benzene rings is 1. The third-order valence-corrected chi connectivity index (χ3v) is 4.33. The van der Waals surface area contributed by atoms with Gasteiger partial charge in [0.1, 0.15) is 5.82 Å². The molecule has 0 amide bonds. The summed E-state index contributed by atoms with van der Waals surface area (Å²) in [6, 6.07) is 7.63. The van der Waals surface area contributed by atoms with Crippen molar-refractivity contribution in [1.82, 2.24) is 19.9 Å². The van der Waals surface area contributed by atoms with E-state index in [2.05, 4.69) is 19.9 Å². The maximum Gasteiger partial charge on any atom is 0.248 e. The summed E-state index contributed by atoms with van der Waals surface area (Å²) in [5, 5.41) is 0.429. The summed E-state index contributed by atoms with van der Waals surface area (Å²) in [5.41, 5.74) is 0.821. The van der Waals surface area contributed by atoms with E-state index in [4.69, 9.17) is 0 Å². The molecule has 6 nitrogen and oxygen atoms in total. The van der Waals surface area contributed by atoms with Crippen molar-refractivity contribution in [3.8, 4) is 0 Å². The number of nitrogens with one attached hydrogen (secondary N) is 1. The molecule has 0 fully saturated rings. The van der Waals surface area contributed by atoms with Gasteiger partial charge < -0.3 is 9.88 Å². The van der Waals surface area contributed by atoms with E-state index in [9.17, 15) is 13.6 Å². The Morgan fingerprint density at radius 2 is 1.86 bits per heavy atom. The molecule has 3 aromatic heterocycles. The summed E-state index contributed by atoms with van der Waals surface area (Å²) in [7, 11) is 0. The monoisotopic (exact) mass is 379 g/mol. The second-order valence-corrected chi connectivity index (χ2v) is 6.22. The van der Waals surface area contributed by atoms with Crippen LogP contribution >= 0.6 is 0 Å². The molecule has 4 aromatic rings. The number of aromatic amines is 1. The molecule has 0 aliphatic rings. The molecule has 0 unspecified atom stereocenters. The van der Waals surface area contributed by atoms with Crippen molar-refractivity contribution in [3.63, 3.8) is 0 Å². The minimum Gasteiger partial charge on any atom is -0.347 e. The van der Waals surface area contributed by atoms with Crippen molar-refractivity contribution in [1.29, 1.82) is 0 Å². The van der Waals surface area contributed by atoms with Crippen LogP contribution in [0.15, 0.2) is 66.1 Å². The summed E-state index contributed by atoms with van der Waals surface area (Å²) in [5.74, 6) is -1.50. The van der Waals surface area contributed by atoms with Gasteiger partial charge in [-0.3, -0.25) is 14.8 Å². The molecule has 0 aliphatic carbocycles. The quantitative estimate of drug-likeness (QED) is 0.576. The third-order valence-electron chi connectivity index (χ3n) is 4.33. The molecule has 28 heavy (non-hydrogen) atoms. The van der Waals surface area contributed by atoms with Gasteiger partial charge >= 0.3 is 0 Å². The highest BCUT2D eigenvalue weighted by Gasteiger charge is 2.16. The fraction of sp³-hybridized carbons (Fsp3) is 0.100. The van der Waals surface area contributed by atoms with Gasteiger partial charge in [0.05, 0.1) is 11.7 Å². The van der Waals surface area contributed by atoms with Crippen LogP contribution in [0.2, 0.25) is 0 Å². The number of H-pyrrole nitrogens is 1. The molecule has 0 atom stereocenters. The molecule has 4 rings (SSSR count). The van der Waals surface area contributed by atoms with Gasteiger partial charge in [-0.15, -0.1) is 0 Å². The predicted octanol–water partition coefficient (Wildman–Crippen LogP) is 3.20. The van der Waals surface area contributed by atoms with Crippen molar-refractivity contribution in [3.05, 3.63) is 94.4 Å². The van der Waals surface area contributed by atoms with Crippen molar-refractivity contribution in [2.75, 3.05) is 4.90 Å². The van der Waals surface area contributed by atoms with Gasteiger partial charge in [0.25, 0.3) is 0 Å². The number of rotatable bonds is 5. The van der Waals surface area contributed by atoms with Crippen LogP contribution in [0.4, 0.5) is 14.6 Å². The number of anilines is 1.